The molecular weight excluding hydrogens is 440 g/mol. The Bertz CT molecular complexity index is 909. The highest BCUT2D eigenvalue weighted by Crippen LogP contribution is 2.40. The second kappa shape index (κ2) is 9.33. The molecule has 0 aliphatic carbocycles. The summed E-state index contributed by atoms with van der Waals surface area (Å²) in [5.74, 6) is -0.0445. The van der Waals surface area contributed by atoms with Gasteiger partial charge in [-0.2, -0.15) is 0 Å². The van der Waals surface area contributed by atoms with Gasteiger partial charge >= 0.3 is 5.69 Å². The molecule has 1 aliphatic rings. The second-order valence-electron chi connectivity index (χ2n) is 12.2. The summed E-state index contributed by atoms with van der Waals surface area (Å²) in [6, 6.07) is -0.212. The molecule has 3 atom stereocenters. The number of nitrogens with one attached hydrogen (secondary N) is 1. The van der Waals surface area contributed by atoms with Crippen LogP contribution in [0.15, 0.2) is 15.8 Å². The summed E-state index contributed by atoms with van der Waals surface area (Å²) in [7, 11) is -3.94. The van der Waals surface area contributed by atoms with Gasteiger partial charge in [-0.3, -0.25) is 14.3 Å². The topological polar surface area (TPSA) is 82.6 Å². The average molecular weight is 485 g/mol. The number of hydrogen-bond donors (Lipinski definition) is 1. The van der Waals surface area contributed by atoms with Crippen molar-refractivity contribution in [2.75, 3.05) is 19.8 Å². The van der Waals surface area contributed by atoms with Gasteiger partial charge in [0.15, 0.2) is 16.6 Å². The van der Waals surface area contributed by atoms with E-state index >= 15 is 0 Å². The molecule has 9 heteroatoms. The fraction of sp³-hybridized carbons (Fsp3) is 0.826. The standard InChI is InChI=1S/C23H44N2O5Si2/c1-16-12-25(21(27)24-20(16)26)18-14-28-19(15-30-32(10,11)23(5,6)7)17(18)13-29-31(8,9)22(2,3)4/h12,17-19H,13-15H2,1-11H3,(H,24,26,27)/t17-,18-,19+/m0/s1. The summed E-state index contributed by atoms with van der Waals surface area (Å²) in [5.41, 5.74) is -0.246. The van der Waals surface area contributed by atoms with Gasteiger partial charge in [0.25, 0.3) is 5.56 Å². The van der Waals surface area contributed by atoms with Crippen molar-refractivity contribution < 1.29 is 13.6 Å². The molecule has 0 amide bonds. The van der Waals surface area contributed by atoms with E-state index < -0.39 is 22.3 Å². The molecule has 0 unspecified atom stereocenters. The number of aryl methyl sites for hydroxylation is 1. The van der Waals surface area contributed by atoms with Crippen LogP contribution in [-0.2, 0) is 13.6 Å². The van der Waals surface area contributed by atoms with Gasteiger partial charge < -0.3 is 13.6 Å². The first-order chi connectivity index (χ1) is 14.4. The molecule has 1 fully saturated rings. The van der Waals surface area contributed by atoms with Gasteiger partial charge in [-0.25, -0.2) is 4.79 Å². The van der Waals surface area contributed by atoms with Crippen molar-refractivity contribution in [3.63, 3.8) is 0 Å². The first-order valence-electron chi connectivity index (χ1n) is 11.6. The van der Waals surface area contributed by atoms with Crippen molar-refractivity contribution in [1.82, 2.24) is 9.55 Å². The molecule has 1 saturated heterocycles. The van der Waals surface area contributed by atoms with E-state index in [1.165, 1.54) is 0 Å². The summed E-state index contributed by atoms with van der Waals surface area (Å²) in [5, 5.41) is 0.186. The monoisotopic (exact) mass is 484 g/mol. The summed E-state index contributed by atoms with van der Waals surface area (Å²) >= 11 is 0. The molecule has 0 spiro atoms. The van der Waals surface area contributed by atoms with Crippen molar-refractivity contribution in [3.05, 3.63) is 32.6 Å². The summed E-state index contributed by atoms with van der Waals surface area (Å²) in [6.07, 6.45) is 1.48. The van der Waals surface area contributed by atoms with Gasteiger partial charge in [-0.1, -0.05) is 41.5 Å². The highest BCUT2D eigenvalue weighted by Gasteiger charge is 2.45. The zero-order chi connectivity index (χ0) is 24.7. The average Bonchev–Trinajstić information content (AvgIpc) is 3.02. The predicted octanol–water partition coefficient (Wildman–Crippen LogP) is 4.44. The minimum Gasteiger partial charge on any atom is -0.416 e. The summed E-state index contributed by atoms with van der Waals surface area (Å²) < 4.78 is 20.9. The Hall–Kier alpha value is -1.01. The van der Waals surface area contributed by atoms with E-state index in [-0.39, 0.29) is 33.7 Å². The molecule has 32 heavy (non-hydrogen) atoms. The quantitative estimate of drug-likeness (QED) is 0.578. The van der Waals surface area contributed by atoms with Gasteiger partial charge in [-0.15, -0.1) is 0 Å². The minimum atomic E-state index is -1.99. The number of aromatic nitrogens is 2. The lowest BCUT2D eigenvalue weighted by Gasteiger charge is -2.39. The third-order valence-electron chi connectivity index (χ3n) is 7.81. The molecule has 7 nitrogen and oxygen atoms in total. The highest BCUT2D eigenvalue weighted by molar-refractivity contribution is 6.74. The third kappa shape index (κ3) is 5.91. The molecule has 2 rings (SSSR count). The van der Waals surface area contributed by atoms with Crippen molar-refractivity contribution in [1.29, 1.82) is 0 Å². The summed E-state index contributed by atoms with van der Waals surface area (Å²) in [6.45, 7) is 25.3. The predicted molar refractivity (Wildman–Crippen MR) is 135 cm³/mol. The van der Waals surface area contributed by atoms with E-state index in [9.17, 15) is 9.59 Å². The first-order valence-corrected chi connectivity index (χ1v) is 17.4. The van der Waals surface area contributed by atoms with Gasteiger partial charge in [0.05, 0.1) is 25.4 Å². The van der Waals surface area contributed by atoms with Crippen LogP contribution >= 0.6 is 0 Å². The van der Waals surface area contributed by atoms with E-state index in [0.717, 1.165) is 0 Å². The Morgan fingerprint density at radius 3 is 2.00 bits per heavy atom. The lowest BCUT2D eigenvalue weighted by atomic mass is 9.98. The largest absolute Gasteiger partial charge is 0.416 e. The second-order valence-corrected chi connectivity index (χ2v) is 21.8. The molecule has 1 aromatic heterocycles. The SMILES string of the molecule is Cc1cn([C@H]2CO[C@H](CO[Si](C)(C)C(C)(C)C)[C@H]2CO[Si](C)(C)C(C)(C)C)c(=O)[nH]c1=O. The zero-order valence-corrected chi connectivity index (χ0v) is 23.9. The highest BCUT2D eigenvalue weighted by atomic mass is 28.4. The Labute approximate surface area is 195 Å². The fourth-order valence-electron chi connectivity index (χ4n) is 3.25. The third-order valence-corrected chi connectivity index (χ3v) is 16.8. The van der Waals surface area contributed by atoms with Crippen LogP contribution in [0.5, 0.6) is 0 Å². The summed E-state index contributed by atoms with van der Waals surface area (Å²) in [4.78, 5) is 27.0. The lowest BCUT2D eigenvalue weighted by molar-refractivity contribution is 0.0319. The maximum atomic E-state index is 12.6. The number of nitrogens with zero attached hydrogens (tertiary/aromatic N) is 1. The van der Waals surface area contributed by atoms with E-state index in [2.05, 4.69) is 72.7 Å². The van der Waals surface area contributed by atoms with Crippen LogP contribution < -0.4 is 11.2 Å². The molecule has 1 aromatic rings. The number of rotatable bonds is 7. The van der Waals surface area contributed by atoms with Crippen LogP contribution in [0.25, 0.3) is 0 Å². The number of aromatic amines is 1. The van der Waals surface area contributed by atoms with Crippen LogP contribution in [-0.4, -0.2) is 52.1 Å². The number of H-pyrrole nitrogens is 1. The van der Waals surface area contributed by atoms with Crippen molar-refractivity contribution in [2.45, 2.75) is 96.9 Å². The number of ether oxygens (including phenoxy) is 1. The molecular formula is C23H44N2O5Si2. The van der Waals surface area contributed by atoms with Crippen molar-refractivity contribution in [3.8, 4) is 0 Å². The van der Waals surface area contributed by atoms with Crippen LogP contribution in [0.4, 0.5) is 0 Å². The molecule has 0 aromatic carbocycles. The molecule has 184 valence electrons. The Morgan fingerprint density at radius 2 is 1.50 bits per heavy atom. The molecule has 0 saturated carbocycles. The normalized spacial score (nSPS) is 23.0. The lowest BCUT2D eigenvalue weighted by Crippen LogP contribution is -2.46. The Morgan fingerprint density at radius 1 is 1.00 bits per heavy atom. The van der Waals surface area contributed by atoms with Gasteiger partial charge in [0.2, 0.25) is 0 Å². The first kappa shape index (κ1) is 27.2. The van der Waals surface area contributed by atoms with E-state index in [0.29, 0.717) is 25.4 Å². The van der Waals surface area contributed by atoms with Crippen molar-refractivity contribution in [2.24, 2.45) is 5.92 Å². The molecule has 1 N–H and O–H groups in total. The molecule has 1 aliphatic heterocycles. The molecule has 0 bridgehead atoms. The zero-order valence-electron chi connectivity index (χ0n) is 21.9. The van der Waals surface area contributed by atoms with Crippen LogP contribution in [0.2, 0.25) is 36.3 Å². The van der Waals surface area contributed by atoms with E-state index in [1.807, 2.05) is 0 Å². The van der Waals surface area contributed by atoms with Crippen LogP contribution in [0.3, 0.4) is 0 Å². The minimum absolute atomic E-state index is 0.0445. The molecule has 0 radical (unpaired) electrons. The van der Waals surface area contributed by atoms with Gasteiger partial charge in [-0.05, 0) is 43.2 Å². The fourth-order valence-corrected chi connectivity index (χ4v) is 5.31. The Kier molecular flexibility index (Phi) is 7.94. The van der Waals surface area contributed by atoms with Crippen LogP contribution in [0.1, 0.15) is 53.1 Å². The smallest absolute Gasteiger partial charge is 0.328 e. The van der Waals surface area contributed by atoms with Crippen molar-refractivity contribution >= 4 is 16.6 Å². The van der Waals surface area contributed by atoms with Gasteiger partial charge in [0, 0.05) is 24.3 Å². The van der Waals surface area contributed by atoms with Gasteiger partial charge in [0.1, 0.15) is 0 Å². The molecule has 2 heterocycles. The van der Waals surface area contributed by atoms with E-state index in [4.69, 9.17) is 13.6 Å². The van der Waals surface area contributed by atoms with Crippen LogP contribution in [0, 0.1) is 12.8 Å². The maximum Gasteiger partial charge on any atom is 0.328 e. The maximum absolute atomic E-state index is 12.6. The number of hydrogen-bond acceptors (Lipinski definition) is 5. The Balaban J connectivity index is 2.33. The van der Waals surface area contributed by atoms with E-state index in [1.54, 1.807) is 17.7 Å².